The first-order valence-corrected chi connectivity index (χ1v) is 17.1. The highest BCUT2D eigenvalue weighted by Crippen LogP contribution is 2.41. The zero-order valence-corrected chi connectivity index (χ0v) is 26.1. The number of carbonyl (C=O) groups is 3. The van der Waals surface area contributed by atoms with Crippen LogP contribution in [0.3, 0.4) is 0 Å². The number of nitrogens with zero attached hydrogens (tertiary/aromatic N) is 3. The van der Waals surface area contributed by atoms with Crippen molar-refractivity contribution in [3.05, 3.63) is 68.3 Å². The molecule has 5 N–H and O–H groups in total. The van der Waals surface area contributed by atoms with E-state index in [0.29, 0.717) is 19.9 Å². The Morgan fingerprint density at radius 1 is 1.23 bits per heavy atom. The number of oxime groups is 1. The van der Waals surface area contributed by atoms with Crippen molar-refractivity contribution in [2.75, 3.05) is 11.5 Å². The zero-order chi connectivity index (χ0) is 31.0. The van der Waals surface area contributed by atoms with Crippen molar-refractivity contribution in [1.82, 2.24) is 15.2 Å². The largest absolute Gasteiger partial charge is 0.508 e. The fourth-order valence-corrected chi connectivity index (χ4v) is 8.94. The average molecular weight is 672 g/mol. The first kappa shape index (κ1) is 30.2. The molecule has 4 heterocycles. The van der Waals surface area contributed by atoms with Crippen LogP contribution in [-0.4, -0.2) is 66.9 Å². The van der Waals surface area contributed by atoms with E-state index < -0.39 is 29.2 Å². The molecule has 44 heavy (non-hydrogen) atoms. The van der Waals surface area contributed by atoms with E-state index in [1.807, 2.05) is 0 Å². The molecule has 0 bridgehead atoms. The highest BCUT2D eigenvalue weighted by atomic mass is 32.2. The number of carboxylic acid groups (broad SMARTS) is 1. The number of phenolic OH excluding ortho intramolecular Hbond substituents is 1. The SMILES string of the molecule is Nc1nc(/C(=N/OC2CCCC2)C(=O)NC2C(=O)N3C(C(=O)O)=C(/C=C/Sc4cc(=O)c5ccc(O)cc5s4)CS[C@H]23)cs1. The van der Waals surface area contributed by atoms with Crippen LogP contribution in [0.1, 0.15) is 31.4 Å². The summed E-state index contributed by atoms with van der Waals surface area (Å²) in [6.07, 6.45) is 5.20. The zero-order valence-electron chi connectivity index (χ0n) is 22.8. The fraction of sp³-hybridized carbons (Fsp3) is 0.286. The van der Waals surface area contributed by atoms with E-state index >= 15 is 0 Å². The molecule has 0 spiro atoms. The number of carboxylic acids is 1. The second-order valence-corrected chi connectivity index (χ2v) is 14.4. The van der Waals surface area contributed by atoms with Gasteiger partial charge in [0.05, 0.1) is 4.21 Å². The van der Waals surface area contributed by atoms with Crippen molar-refractivity contribution < 1.29 is 29.4 Å². The van der Waals surface area contributed by atoms with Gasteiger partial charge in [0.2, 0.25) is 0 Å². The van der Waals surface area contributed by atoms with E-state index in [-0.39, 0.29) is 45.3 Å². The van der Waals surface area contributed by atoms with Gasteiger partial charge in [-0.1, -0.05) is 16.9 Å². The molecular formula is C28H25N5O7S4. The topological polar surface area (TPSA) is 185 Å². The van der Waals surface area contributed by atoms with E-state index in [4.69, 9.17) is 10.6 Å². The first-order chi connectivity index (χ1) is 21.2. The highest BCUT2D eigenvalue weighted by Gasteiger charge is 2.54. The number of benzene rings is 1. The summed E-state index contributed by atoms with van der Waals surface area (Å²) in [5.74, 6) is -2.17. The van der Waals surface area contributed by atoms with Gasteiger partial charge in [0.25, 0.3) is 11.8 Å². The number of hydrogen-bond acceptors (Lipinski definition) is 13. The van der Waals surface area contributed by atoms with Gasteiger partial charge in [-0.3, -0.25) is 19.3 Å². The van der Waals surface area contributed by atoms with Crippen molar-refractivity contribution in [2.45, 2.75) is 47.4 Å². The first-order valence-electron chi connectivity index (χ1n) is 13.5. The molecule has 2 amide bonds. The Labute approximate surface area is 266 Å². The van der Waals surface area contributed by atoms with Crippen LogP contribution in [-0.2, 0) is 19.2 Å². The quantitative estimate of drug-likeness (QED) is 0.113. The number of aliphatic carboxylic acids is 1. The molecular weight excluding hydrogens is 647 g/mol. The van der Waals surface area contributed by atoms with Gasteiger partial charge in [0, 0.05) is 27.3 Å². The Morgan fingerprint density at radius 3 is 2.75 bits per heavy atom. The minimum atomic E-state index is -1.27. The molecule has 1 aromatic carbocycles. The van der Waals surface area contributed by atoms with Crippen LogP contribution in [0.4, 0.5) is 5.13 Å². The van der Waals surface area contributed by atoms with E-state index in [2.05, 4.69) is 15.5 Å². The van der Waals surface area contributed by atoms with E-state index in [0.717, 1.165) is 37.0 Å². The molecule has 1 saturated heterocycles. The molecule has 3 aromatic rings. The summed E-state index contributed by atoms with van der Waals surface area (Å²) in [5, 5.41) is 29.9. The van der Waals surface area contributed by atoms with Gasteiger partial charge >= 0.3 is 5.97 Å². The minimum Gasteiger partial charge on any atom is -0.508 e. The second kappa shape index (κ2) is 12.6. The van der Waals surface area contributed by atoms with Gasteiger partial charge in [-0.2, -0.15) is 0 Å². The number of allylic oxidation sites excluding steroid dienone is 1. The molecule has 2 atom stereocenters. The molecule has 1 unspecified atom stereocenters. The molecule has 0 radical (unpaired) electrons. The number of nitrogens with two attached hydrogens (primary N) is 1. The summed E-state index contributed by atoms with van der Waals surface area (Å²) in [5.41, 5.74) is 5.96. The van der Waals surface area contributed by atoms with Gasteiger partial charge in [-0.15, -0.1) is 34.4 Å². The monoisotopic (exact) mass is 671 g/mol. The number of aromatic nitrogens is 1. The van der Waals surface area contributed by atoms with Gasteiger partial charge in [0.1, 0.15) is 34.7 Å². The molecule has 12 nitrogen and oxygen atoms in total. The van der Waals surface area contributed by atoms with Crippen molar-refractivity contribution in [3.63, 3.8) is 0 Å². The molecule has 1 aliphatic carbocycles. The maximum Gasteiger partial charge on any atom is 0.352 e. The van der Waals surface area contributed by atoms with Crippen molar-refractivity contribution in [1.29, 1.82) is 0 Å². The number of carbonyl (C=O) groups excluding carboxylic acids is 2. The highest BCUT2D eigenvalue weighted by molar-refractivity contribution is 8.04. The van der Waals surface area contributed by atoms with Crippen LogP contribution in [0.2, 0.25) is 0 Å². The molecule has 1 saturated carbocycles. The maximum atomic E-state index is 13.3. The lowest BCUT2D eigenvalue weighted by Gasteiger charge is -2.49. The molecule has 2 fully saturated rings. The van der Waals surface area contributed by atoms with Crippen LogP contribution in [0.15, 0.2) is 66.6 Å². The van der Waals surface area contributed by atoms with Crippen molar-refractivity contribution >= 4 is 84.9 Å². The Hall–Kier alpha value is -3.86. The third-order valence-corrected chi connectivity index (χ3v) is 11.2. The molecule has 228 valence electrons. The third kappa shape index (κ3) is 6.06. The van der Waals surface area contributed by atoms with Crippen LogP contribution < -0.4 is 16.5 Å². The number of phenols is 1. The Kier molecular flexibility index (Phi) is 8.66. The maximum absolute atomic E-state index is 13.3. The summed E-state index contributed by atoms with van der Waals surface area (Å²) < 4.78 is 1.29. The van der Waals surface area contributed by atoms with Crippen LogP contribution >= 0.6 is 46.2 Å². The van der Waals surface area contributed by atoms with E-state index in [1.165, 1.54) is 58.0 Å². The van der Waals surface area contributed by atoms with Gasteiger partial charge in [0.15, 0.2) is 16.3 Å². The number of thiazole rings is 1. The standard InChI is InChI=1S/C28H25N5O7S4/c29-28-30-17(12-43-28)21(32-40-15-3-1-2-4-15)24(36)31-22-25(37)33-23(27(38)39)13(11-42-26(22)33)7-8-41-20-10-18(35)16-6-5-14(34)9-19(16)44-20/h5-10,12,15,22,26,34H,1-4,11H2,(H2,29,30)(H,31,36)(H,38,39)/b8-7+,32-21-/t22?,26-/m1/s1. The minimum absolute atomic E-state index is 0.0540. The van der Waals surface area contributed by atoms with Gasteiger partial charge in [-0.25, -0.2) is 9.78 Å². The van der Waals surface area contributed by atoms with Crippen LogP contribution in [0.25, 0.3) is 10.1 Å². The lowest BCUT2D eigenvalue weighted by molar-refractivity contribution is -0.150. The molecule has 2 aliphatic heterocycles. The molecule has 6 rings (SSSR count). The number of amides is 2. The Morgan fingerprint density at radius 2 is 2.02 bits per heavy atom. The number of aromatic hydroxyl groups is 1. The van der Waals surface area contributed by atoms with E-state index in [9.17, 15) is 29.4 Å². The number of thioether (sulfide) groups is 2. The average Bonchev–Trinajstić information content (AvgIpc) is 3.67. The summed E-state index contributed by atoms with van der Waals surface area (Å²) in [4.78, 5) is 62.2. The van der Waals surface area contributed by atoms with Crippen molar-refractivity contribution in [2.24, 2.45) is 5.16 Å². The molecule has 3 aliphatic rings. The lowest BCUT2D eigenvalue weighted by atomic mass is 10.0. The summed E-state index contributed by atoms with van der Waals surface area (Å²) >= 11 is 5.01. The van der Waals surface area contributed by atoms with Crippen molar-refractivity contribution in [3.8, 4) is 5.75 Å². The fourth-order valence-electron chi connectivity index (χ4n) is 5.07. The molecule has 16 heteroatoms. The Bertz CT molecular complexity index is 1810. The number of nitrogens with one attached hydrogen (secondary N) is 1. The predicted octanol–water partition coefficient (Wildman–Crippen LogP) is 3.71. The summed E-state index contributed by atoms with van der Waals surface area (Å²) in [6, 6.07) is 5.06. The van der Waals surface area contributed by atoms with Crippen LogP contribution in [0.5, 0.6) is 5.75 Å². The summed E-state index contributed by atoms with van der Waals surface area (Å²) in [6.45, 7) is 0. The number of β-lactam (4-membered cyclic amide) rings is 1. The Balaban J connectivity index is 1.17. The smallest absolute Gasteiger partial charge is 0.352 e. The lowest BCUT2D eigenvalue weighted by Crippen LogP contribution is -2.71. The number of fused-ring (bicyclic) bond motifs is 2. The van der Waals surface area contributed by atoms with Crippen LogP contribution in [0, 0.1) is 0 Å². The van der Waals surface area contributed by atoms with Gasteiger partial charge in [-0.05, 0) is 60.9 Å². The third-order valence-electron chi connectivity index (χ3n) is 7.21. The number of nitrogen functional groups attached to an aromatic ring is 1. The predicted molar refractivity (Wildman–Crippen MR) is 171 cm³/mol. The number of anilines is 1. The number of hydrogen-bond donors (Lipinski definition) is 4. The normalized spacial score (nSPS) is 20.7. The van der Waals surface area contributed by atoms with E-state index in [1.54, 1.807) is 22.9 Å². The summed E-state index contributed by atoms with van der Waals surface area (Å²) in [7, 11) is 0. The number of rotatable bonds is 9. The molecule has 2 aromatic heterocycles. The van der Waals surface area contributed by atoms with Gasteiger partial charge < -0.3 is 26.1 Å². The second-order valence-electron chi connectivity index (χ2n) is 10.1.